The number of aromatic nitrogens is 2. The smallest absolute Gasteiger partial charge is 0.231 e. The van der Waals surface area contributed by atoms with Gasteiger partial charge in [-0.05, 0) is 63.1 Å². The van der Waals surface area contributed by atoms with Crippen molar-refractivity contribution in [1.29, 1.82) is 0 Å². The zero-order valence-corrected chi connectivity index (χ0v) is 18.0. The Morgan fingerprint density at radius 3 is 2.60 bits per heavy atom. The van der Waals surface area contributed by atoms with Crippen LogP contribution in [0.2, 0.25) is 0 Å². The zero-order chi connectivity index (χ0) is 21.8. The van der Waals surface area contributed by atoms with Crippen LogP contribution in [0.15, 0.2) is 47.5 Å². The summed E-state index contributed by atoms with van der Waals surface area (Å²) in [7, 11) is 1.64. The van der Waals surface area contributed by atoms with Gasteiger partial charge in [-0.2, -0.15) is 0 Å². The van der Waals surface area contributed by atoms with E-state index in [2.05, 4.69) is 9.56 Å². The highest BCUT2D eigenvalue weighted by Crippen LogP contribution is 2.35. The van der Waals surface area contributed by atoms with Crippen LogP contribution in [0.3, 0.4) is 0 Å². The van der Waals surface area contributed by atoms with Gasteiger partial charge in [-0.15, -0.1) is 0 Å². The fourth-order valence-corrected chi connectivity index (χ4v) is 3.96. The van der Waals surface area contributed by atoms with Gasteiger partial charge in [0.1, 0.15) is 5.82 Å². The average molecular weight is 406 g/mol. The SMILES string of the molecule is Cc1nc2cc(C(C)(C)O)ccc2n1-c1cccc([C@]2(C)CC(=O)N(C)C(N)=N2)c1. The summed E-state index contributed by atoms with van der Waals surface area (Å²) in [5, 5.41) is 10.3. The van der Waals surface area contributed by atoms with Gasteiger partial charge in [-0.3, -0.25) is 14.3 Å². The van der Waals surface area contributed by atoms with E-state index in [4.69, 9.17) is 10.7 Å². The molecule has 0 saturated heterocycles. The summed E-state index contributed by atoms with van der Waals surface area (Å²) in [4.78, 5) is 23.1. The summed E-state index contributed by atoms with van der Waals surface area (Å²) in [5.74, 6) is 1.00. The molecule has 0 aliphatic carbocycles. The van der Waals surface area contributed by atoms with Gasteiger partial charge in [-0.1, -0.05) is 18.2 Å². The van der Waals surface area contributed by atoms with Crippen molar-refractivity contribution in [3.63, 3.8) is 0 Å². The van der Waals surface area contributed by atoms with Crippen molar-refractivity contribution in [3.8, 4) is 5.69 Å². The van der Waals surface area contributed by atoms with Crippen molar-refractivity contribution in [2.75, 3.05) is 7.05 Å². The molecular weight excluding hydrogens is 378 g/mol. The highest BCUT2D eigenvalue weighted by Gasteiger charge is 2.36. The van der Waals surface area contributed by atoms with E-state index in [1.807, 2.05) is 56.3 Å². The zero-order valence-electron chi connectivity index (χ0n) is 18.0. The fraction of sp³-hybridized carbons (Fsp3) is 0.348. The summed E-state index contributed by atoms with van der Waals surface area (Å²) >= 11 is 0. The molecule has 2 heterocycles. The van der Waals surface area contributed by atoms with Gasteiger partial charge >= 0.3 is 0 Å². The molecule has 2 aromatic carbocycles. The molecule has 1 atom stereocenters. The number of aryl methyl sites for hydroxylation is 1. The number of aliphatic hydroxyl groups is 1. The molecule has 4 rings (SSSR count). The fourth-order valence-electron chi connectivity index (χ4n) is 3.96. The number of aliphatic imine (C=N–C) groups is 1. The summed E-state index contributed by atoms with van der Waals surface area (Å²) in [6, 6.07) is 13.8. The molecule has 0 fully saturated rings. The van der Waals surface area contributed by atoms with Gasteiger partial charge in [0.05, 0.1) is 28.6 Å². The third-order valence-electron chi connectivity index (χ3n) is 5.83. The first-order valence-electron chi connectivity index (χ1n) is 9.94. The number of nitrogens with two attached hydrogens (primary N) is 1. The van der Waals surface area contributed by atoms with Crippen LogP contribution in [0.1, 0.15) is 44.1 Å². The Bertz CT molecular complexity index is 1190. The van der Waals surface area contributed by atoms with E-state index in [1.54, 1.807) is 20.9 Å². The minimum Gasteiger partial charge on any atom is -0.386 e. The molecule has 30 heavy (non-hydrogen) atoms. The van der Waals surface area contributed by atoms with Crippen molar-refractivity contribution in [1.82, 2.24) is 14.5 Å². The normalized spacial score (nSPS) is 20.0. The van der Waals surface area contributed by atoms with Crippen LogP contribution < -0.4 is 5.73 Å². The summed E-state index contributed by atoms with van der Waals surface area (Å²) in [6.07, 6.45) is 0.256. The lowest BCUT2D eigenvalue weighted by molar-refractivity contribution is -0.128. The lowest BCUT2D eigenvalue weighted by Crippen LogP contribution is -2.47. The quantitative estimate of drug-likeness (QED) is 0.700. The molecule has 3 N–H and O–H groups in total. The van der Waals surface area contributed by atoms with Crippen molar-refractivity contribution >= 4 is 22.9 Å². The van der Waals surface area contributed by atoms with Gasteiger partial charge in [0.2, 0.25) is 5.91 Å². The van der Waals surface area contributed by atoms with Crippen LogP contribution in [0.4, 0.5) is 0 Å². The summed E-state index contributed by atoms with van der Waals surface area (Å²) < 4.78 is 2.07. The minimum absolute atomic E-state index is 0.0567. The van der Waals surface area contributed by atoms with Crippen LogP contribution in [-0.2, 0) is 15.9 Å². The number of guanidine groups is 1. The largest absolute Gasteiger partial charge is 0.386 e. The molecule has 156 valence electrons. The topological polar surface area (TPSA) is 96.7 Å². The van der Waals surface area contributed by atoms with Crippen molar-refractivity contribution in [3.05, 3.63) is 59.4 Å². The highest BCUT2D eigenvalue weighted by molar-refractivity contribution is 5.98. The van der Waals surface area contributed by atoms with Gasteiger partial charge in [0.15, 0.2) is 5.96 Å². The minimum atomic E-state index is -0.932. The predicted molar refractivity (Wildman–Crippen MR) is 117 cm³/mol. The van der Waals surface area contributed by atoms with E-state index in [0.29, 0.717) is 0 Å². The van der Waals surface area contributed by atoms with E-state index < -0.39 is 11.1 Å². The number of benzene rings is 2. The van der Waals surface area contributed by atoms with Crippen LogP contribution in [0.5, 0.6) is 0 Å². The lowest BCUT2D eigenvalue weighted by atomic mass is 9.87. The number of imidazole rings is 1. The molecule has 7 heteroatoms. The molecule has 0 bridgehead atoms. The standard InChI is InChI=1S/C23H27N5O2/c1-14-25-18-12-15(22(2,3)30)9-10-19(18)28(14)17-8-6-7-16(11-17)23(4)13-20(29)27(5)21(24)26-23/h6-12,30H,13H2,1-5H3,(H2,24,26)/t23-/m0/s1. The molecule has 1 amide bonds. The Kier molecular flexibility index (Phi) is 4.47. The molecule has 3 aromatic rings. The van der Waals surface area contributed by atoms with E-state index in [0.717, 1.165) is 33.7 Å². The molecule has 1 aromatic heterocycles. The molecule has 0 unspecified atom stereocenters. The second-order valence-electron chi connectivity index (χ2n) is 8.68. The van der Waals surface area contributed by atoms with Crippen molar-refractivity contribution < 1.29 is 9.90 Å². The summed E-state index contributed by atoms with van der Waals surface area (Å²) in [5.41, 5.74) is 8.76. The van der Waals surface area contributed by atoms with Gasteiger partial charge in [-0.25, -0.2) is 9.98 Å². The number of nitrogens with zero attached hydrogens (tertiary/aromatic N) is 4. The number of hydrogen-bond acceptors (Lipinski definition) is 5. The Hall–Kier alpha value is -3.19. The maximum Gasteiger partial charge on any atom is 0.231 e. The third-order valence-corrected chi connectivity index (χ3v) is 5.83. The molecule has 0 spiro atoms. The first-order valence-corrected chi connectivity index (χ1v) is 9.94. The first kappa shape index (κ1) is 20.1. The van der Waals surface area contributed by atoms with Gasteiger partial charge < -0.3 is 10.8 Å². The van der Waals surface area contributed by atoms with Crippen LogP contribution in [0, 0.1) is 6.92 Å². The molecule has 7 nitrogen and oxygen atoms in total. The molecule has 1 aliphatic rings. The third kappa shape index (κ3) is 3.25. The monoisotopic (exact) mass is 405 g/mol. The second-order valence-corrected chi connectivity index (χ2v) is 8.68. The number of amides is 1. The predicted octanol–water partition coefficient (Wildman–Crippen LogP) is 2.95. The Balaban J connectivity index is 1.83. The Labute approximate surface area is 175 Å². The van der Waals surface area contributed by atoms with Crippen LogP contribution >= 0.6 is 0 Å². The lowest BCUT2D eigenvalue weighted by Gasteiger charge is -2.33. The van der Waals surface area contributed by atoms with Crippen LogP contribution in [-0.4, -0.2) is 38.5 Å². The van der Waals surface area contributed by atoms with E-state index in [1.165, 1.54) is 4.90 Å². The first-order chi connectivity index (χ1) is 14.0. The molecule has 0 radical (unpaired) electrons. The number of hydrogen-bond donors (Lipinski definition) is 2. The molecular formula is C23H27N5O2. The Morgan fingerprint density at radius 2 is 1.93 bits per heavy atom. The van der Waals surface area contributed by atoms with Crippen LogP contribution in [0.25, 0.3) is 16.7 Å². The number of rotatable bonds is 3. The van der Waals surface area contributed by atoms with E-state index in [-0.39, 0.29) is 18.3 Å². The van der Waals surface area contributed by atoms with Gasteiger partial charge in [0, 0.05) is 12.7 Å². The molecule has 0 saturated carbocycles. The average Bonchev–Trinajstić information content (AvgIpc) is 3.00. The molecule has 1 aliphatic heterocycles. The van der Waals surface area contributed by atoms with Crippen molar-refractivity contribution in [2.24, 2.45) is 10.7 Å². The maximum absolute atomic E-state index is 12.4. The highest BCUT2D eigenvalue weighted by atomic mass is 16.3. The van der Waals surface area contributed by atoms with Gasteiger partial charge in [0.25, 0.3) is 0 Å². The maximum atomic E-state index is 12.4. The summed E-state index contributed by atoms with van der Waals surface area (Å²) in [6.45, 7) is 7.40. The van der Waals surface area contributed by atoms with E-state index >= 15 is 0 Å². The van der Waals surface area contributed by atoms with Crippen molar-refractivity contribution in [2.45, 2.75) is 45.3 Å². The number of carbonyl (C=O) groups is 1. The second kappa shape index (κ2) is 6.67. The number of fused-ring (bicyclic) bond motifs is 1. The van der Waals surface area contributed by atoms with E-state index in [9.17, 15) is 9.90 Å². The Morgan fingerprint density at radius 1 is 1.20 bits per heavy atom. The number of carbonyl (C=O) groups excluding carboxylic acids is 1.